The molecule has 0 radical (unpaired) electrons. The molecule has 1 aromatic heterocycles. The molecule has 1 aromatic carbocycles. The van der Waals surface area contributed by atoms with Crippen molar-refractivity contribution in [1.82, 2.24) is 14.7 Å². The van der Waals surface area contributed by atoms with Crippen LogP contribution in [0.4, 0.5) is 0 Å². The van der Waals surface area contributed by atoms with E-state index in [1.807, 2.05) is 20.0 Å². The highest BCUT2D eigenvalue weighted by Gasteiger charge is 2.39. The van der Waals surface area contributed by atoms with Crippen molar-refractivity contribution in [3.63, 3.8) is 0 Å². The summed E-state index contributed by atoms with van der Waals surface area (Å²) in [5.41, 5.74) is 4.57. The maximum Gasteiger partial charge on any atom is 0.230 e. The van der Waals surface area contributed by atoms with Gasteiger partial charge in [0.25, 0.3) is 0 Å². The molecule has 0 spiro atoms. The highest BCUT2D eigenvalue weighted by Crippen LogP contribution is 2.42. The first-order valence-electron chi connectivity index (χ1n) is 9.07. The maximum atomic E-state index is 13.4. The van der Waals surface area contributed by atoms with Gasteiger partial charge in [0, 0.05) is 13.6 Å². The van der Waals surface area contributed by atoms with E-state index in [1.54, 1.807) is 11.8 Å². The minimum Gasteiger partial charge on any atom is -0.481 e. The van der Waals surface area contributed by atoms with Gasteiger partial charge in [-0.05, 0) is 43.7 Å². The van der Waals surface area contributed by atoms with Crippen molar-refractivity contribution in [3.8, 4) is 5.88 Å². The van der Waals surface area contributed by atoms with Crippen molar-refractivity contribution >= 4 is 5.91 Å². The van der Waals surface area contributed by atoms with Crippen LogP contribution in [0, 0.1) is 6.92 Å². The normalized spacial score (nSPS) is 22.3. The van der Waals surface area contributed by atoms with Crippen molar-refractivity contribution < 1.29 is 9.53 Å². The summed E-state index contributed by atoms with van der Waals surface area (Å²) in [5, 5.41) is 4.51. The van der Waals surface area contributed by atoms with Crippen LogP contribution >= 0.6 is 0 Å². The van der Waals surface area contributed by atoms with Crippen LogP contribution in [0.25, 0.3) is 0 Å². The van der Waals surface area contributed by atoms with Crippen molar-refractivity contribution in [1.29, 1.82) is 0 Å². The Morgan fingerprint density at radius 1 is 1.28 bits per heavy atom. The van der Waals surface area contributed by atoms with Gasteiger partial charge in [-0.3, -0.25) is 4.79 Å². The van der Waals surface area contributed by atoms with Gasteiger partial charge in [-0.2, -0.15) is 5.10 Å². The fourth-order valence-electron chi connectivity index (χ4n) is 4.62. The predicted octanol–water partition coefficient (Wildman–Crippen LogP) is 3.13. The first kappa shape index (κ1) is 16.2. The van der Waals surface area contributed by atoms with E-state index in [-0.39, 0.29) is 17.9 Å². The van der Waals surface area contributed by atoms with Gasteiger partial charge in [0.1, 0.15) is 0 Å². The molecule has 25 heavy (non-hydrogen) atoms. The third-order valence-corrected chi connectivity index (χ3v) is 5.71. The monoisotopic (exact) mass is 339 g/mol. The van der Waals surface area contributed by atoms with Crippen LogP contribution in [0.5, 0.6) is 5.88 Å². The molecular formula is C20H25N3O2. The molecule has 2 aliphatic rings. The minimum atomic E-state index is -0.000211. The lowest BCUT2D eigenvalue weighted by atomic mass is 9.98. The Labute approximate surface area is 148 Å². The van der Waals surface area contributed by atoms with Crippen LogP contribution in [0.2, 0.25) is 0 Å². The third-order valence-electron chi connectivity index (χ3n) is 5.71. The molecule has 5 nitrogen and oxygen atoms in total. The second kappa shape index (κ2) is 6.21. The van der Waals surface area contributed by atoms with Gasteiger partial charge in [0.2, 0.25) is 11.8 Å². The number of methoxy groups -OCH3 is 1. The van der Waals surface area contributed by atoms with Gasteiger partial charge in [-0.1, -0.05) is 24.3 Å². The average molecular weight is 339 g/mol. The molecule has 1 aliphatic carbocycles. The molecule has 2 aromatic rings. The lowest BCUT2D eigenvalue weighted by Crippen LogP contribution is -2.34. The van der Waals surface area contributed by atoms with E-state index in [1.165, 1.54) is 11.1 Å². The van der Waals surface area contributed by atoms with E-state index in [0.717, 1.165) is 49.4 Å². The zero-order valence-electron chi connectivity index (χ0n) is 15.2. The molecule has 132 valence electrons. The number of rotatable bonds is 3. The summed E-state index contributed by atoms with van der Waals surface area (Å²) in [4.78, 5) is 15.4. The summed E-state index contributed by atoms with van der Waals surface area (Å²) >= 11 is 0. The Morgan fingerprint density at radius 3 is 2.88 bits per heavy atom. The van der Waals surface area contributed by atoms with E-state index in [0.29, 0.717) is 0 Å². The summed E-state index contributed by atoms with van der Waals surface area (Å²) < 4.78 is 7.36. The van der Waals surface area contributed by atoms with E-state index < -0.39 is 0 Å². The lowest BCUT2D eigenvalue weighted by Gasteiger charge is -2.28. The number of carbonyl (C=O) groups excluding carboxylic acids is 1. The number of hydrogen-bond donors (Lipinski definition) is 0. The number of carbonyl (C=O) groups is 1. The second-order valence-corrected chi connectivity index (χ2v) is 7.11. The van der Waals surface area contributed by atoms with Gasteiger partial charge < -0.3 is 9.64 Å². The number of nitrogens with zero attached hydrogens (tertiary/aromatic N) is 3. The second-order valence-electron chi connectivity index (χ2n) is 7.11. The van der Waals surface area contributed by atoms with Crippen LogP contribution < -0.4 is 4.74 Å². The van der Waals surface area contributed by atoms with Crippen molar-refractivity contribution in [2.24, 2.45) is 7.05 Å². The Bertz CT molecular complexity index is 811. The zero-order chi connectivity index (χ0) is 17.6. The molecule has 5 heteroatoms. The number of ether oxygens (including phenoxy) is 1. The quantitative estimate of drug-likeness (QED) is 0.863. The smallest absolute Gasteiger partial charge is 0.230 e. The summed E-state index contributed by atoms with van der Waals surface area (Å²) in [6, 6.07) is 8.45. The number of fused-ring (bicyclic) bond motifs is 1. The fraction of sp³-hybridized carbons (Fsp3) is 0.500. The van der Waals surface area contributed by atoms with E-state index in [4.69, 9.17) is 4.74 Å². The molecular weight excluding hydrogens is 314 g/mol. The number of benzene rings is 1. The molecule has 4 rings (SSSR count). The van der Waals surface area contributed by atoms with Gasteiger partial charge in [0.05, 0.1) is 30.3 Å². The van der Waals surface area contributed by atoms with E-state index in [2.05, 4.69) is 28.2 Å². The standard InChI is InChI=1S/C20H25N3O2/c1-13-18(20(25-3)22(2)21-13)17-9-6-12-23(17)19(24)16-11-10-14-7-4-5-8-15(14)16/h4-5,7-8,16-17H,6,9-12H2,1-3H3/t16-,17+/m1/s1. The summed E-state index contributed by atoms with van der Waals surface area (Å²) in [6.45, 7) is 2.82. The Hall–Kier alpha value is -2.30. The molecule has 0 bridgehead atoms. The Morgan fingerprint density at radius 2 is 2.08 bits per heavy atom. The molecule has 1 amide bonds. The third kappa shape index (κ3) is 2.53. The number of aryl methyl sites for hydroxylation is 3. The number of likely N-dealkylation sites (tertiary alicyclic amines) is 1. The molecule has 1 fully saturated rings. The molecule has 1 saturated heterocycles. The van der Waals surface area contributed by atoms with Crippen molar-refractivity contribution in [2.45, 2.75) is 44.6 Å². The van der Waals surface area contributed by atoms with Crippen LogP contribution in [-0.4, -0.2) is 34.2 Å². The topological polar surface area (TPSA) is 47.4 Å². The van der Waals surface area contributed by atoms with E-state index in [9.17, 15) is 4.79 Å². The number of aromatic nitrogens is 2. The summed E-state index contributed by atoms with van der Waals surface area (Å²) in [5.74, 6) is 1.03. The van der Waals surface area contributed by atoms with Gasteiger partial charge >= 0.3 is 0 Å². The fourth-order valence-corrected chi connectivity index (χ4v) is 4.62. The Balaban J connectivity index is 1.66. The molecule has 0 unspecified atom stereocenters. The minimum absolute atomic E-state index is 0.000211. The van der Waals surface area contributed by atoms with Crippen LogP contribution in [0.1, 0.15) is 53.6 Å². The predicted molar refractivity (Wildman–Crippen MR) is 95.7 cm³/mol. The summed E-state index contributed by atoms with van der Waals surface area (Å²) in [6.07, 6.45) is 3.93. The van der Waals surface area contributed by atoms with Crippen LogP contribution in [0.3, 0.4) is 0 Å². The lowest BCUT2D eigenvalue weighted by molar-refractivity contribution is -0.133. The molecule has 0 saturated carbocycles. The largest absolute Gasteiger partial charge is 0.481 e. The molecule has 1 aliphatic heterocycles. The number of amides is 1. The van der Waals surface area contributed by atoms with Crippen LogP contribution in [-0.2, 0) is 18.3 Å². The van der Waals surface area contributed by atoms with Crippen molar-refractivity contribution in [3.05, 3.63) is 46.6 Å². The molecule has 2 heterocycles. The van der Waals surface area contributed by atoms with E-state index >= 15 is 0 Å². The summed E-state index contributed by atoms with van der Waals surface area (Å²) in [7, 11) is 3.57. The highest BCUT2D eigenvalue weighted by molar-refractivity contribution is 5.85. The Kier molecular flexibility index (Phi) is 4.02. The zero-order valence-corrected chi connectivity index (χ0v) is 15.2. The first-order chi connectivity index (χ1) is 12.1. The van der Waals surface area contributed by atoms with Gasteiger partial charge in [0.15, 0.2) is 0 Å². The molecule has 2 atom stereocenters. The average Bonchev–Trinajstić information content (AvgIpc) is 3.30. The number of hydrogen-bond acceptors (Lipinski definition) is 3. The van der Waals surface area contributed by atoms with Crippen LogP contribution in [0.15, 0.2) is 24.3 Å². The van der Waals surface area contributed by atoms with Gasteiger partial charge in [-0.25, -0.2) is 4.68 Å². The maximum absolute atomic E-state index is 13.4. The molecule has 0 N–H and O–H groups in total. The SMILES string of the molecule is COc1c([C@@H]2CCCN2C(=O)[C@@H]2CCc3ccccc32)c(C)nn1C. The first-order valence-corrected chi connectivity index (χ1v) is 9.07. The van der Waals surface area contributed by atoms with Crippen molar-refractivity contribution in [2.75, 3.05) is 13.7 Å². The van der Waals surface area contributed by atoms with Gasteiger partial charge in [-0.15, -0.1) is 0 Å². The highest BCUT2D eigenvalue weighted by atomic mass is 16.5.